The molecule has 0 aliphatic carbocycles. The van der Waals surface area contributed by atoms with Crippen LogP contribution in [0.4, 0.5) is 0 Å². The highest BCUT2D eigenvalue weighted by Gasteiger charge is 2.27. The van der Waals surface area contributed by atoms with Crippen LogP contribution in [0.2, 0.25) is 0 Å². The zero-order valence-electron chi connectivity index (χ0n) is 18.5. The number of hydrogen-bond acceptors (Lipinski definition) is 6. The van der Waals surface area contributed by atoms with Gasteiger partial charge in [-0.3, -0.25) is 4.90 Å². The second-order valence-corrected chi connectivity index (χ2v) is 8.95. The average Bonchev–Trinajstić information content (AvgIpc) is 3.51. The molecule has 2 aromatic carbocycles. The van der Waals surface area contributed by atoms with Gasteiger partial charge >= 0.3 is 5.97 Å². The molecule has 1 atom stereocenters. The number of imidazole rings is 1. The molecular weight excluding hydrogens is 418 g/mol. The second kappa shape index (κ2) is 7.57. The number of esters is 1. The molecule has 7 nitrogen and oxygen atoms in total. The Morgan fingerprint density at radius 2 is 2.00 bits per heavy atom. The summed E-state index contributed by atoms with van der Waals surface area (Å²) in [7, 11) is 0. The van der Waals surface area contributed by atoms with Crippen molar-refractivity contribution in [2.24, 2.45) is 0 Å². The van der Waals surface area contributed by atoms with Crippen molar-refractivity contribution in [1.29, 1.82) is 0 Å². The SMILES string of the molecule is C=C1OCc2cc(-c3cn4c(n3)CN(CC(O)c3ccc5c(c3C)COC5=O)CC4)ccc21. The molecule has 0 fully saturated rings. The molecule has 33 heavy (non-hydrogen) atoms. The van der Waals surface area contributed by atoms with Crippen LogP contribution in [0.3, 0.4) is 0 Å². The van der Waals surface area contributed by atoms with Crippen LogP contribution in [0.25, 0.3) is 17.0 Å². The maximum absolute atomic E-state index is 11.8. The number of benzene rings is 2. The number of aromatic nitrogens is 2. The first-order chi connectivity index (χ1) is 16.0. The lowest BCUT2D eigenvalue weighted by Crippen LogP contribution is -2.36. The maximum atomic E-state index is 11.8. The number of carbonyl (C=O) groups is 1. The predicted molar refractivity (Wildman–Crippen MR) is 122 cm³/mol. The van der Waals surface area contributed by atoms with Gasteiger partial charge in [-0.05, 0) is 30.2 Å². The molecule has 0 bridgehead atoms. The fourth-order valence-electron chi connectivity index (χ4n) is 5.06. The summed E-state index contributed by atoms with van der Waals surface area (Å²) in [4.78, 5) is 18.9. The number of aliphatic hydroxyl groups excluding tert-OH is 1. The van der Waals surface area contributed by atoms with Crippen LogP contribution in [0, 0.1) is 6.92 Å². The fraction of sp³-hybridized carbons (Fsp3) is 0.308. The Morgan fingerprint density at radius 1 is 1.15 bits per heavy atom. The van der Waals surface area contributed by atoms with Crippen molar-refractivity contribution in [3.05, 3.63) is 82.3 Å². The summed E-state index contributed by atoms with van der Waals surface area (Å²) in [5.41, 5.74) is 7.53. The zero-order chi connectivity index (χ0) is 22.7. The van der Waals surface area contributed by atoms with Crippen LogP contribution in [0.5, 0.6) is 0 Å². The highest BCUT2D eigenvalue weighted by Crippen LogP contribution is 2.33. The van der Waals surface area contributed by atoms with E-state index in [1.165, 1.54) is 0 Å². The van der Waals surface area contributed by atoms with E-state index in [1.54, 1.807) is 6.07 Å². The van der Waals surface area contributed by atoms with Gasteiger partial charge < -0.3 is 19.1 Å². The Kier molecular flexibility index (Phi) is 4.64. The normalized spacial score (nSPS) is 17.9. The van der Waals surface area contributed by atoms with Crippen LogP contribution in [-0.4, -0.2) is 38.6 Å². The summed E-state index contributed by atoms with van der Waals surface area (Å²) in [5, 5.41) is 11.0. The smallest absolute Gasteiger partial charge is 0.338 e. The molecule has 3 aliphatic heterocycles. The molecule has 0 amide bonds. The van der Waals surface area contributed by atoms with E-state index in [-0.39, 0.29) is 12.6 Å². The van der Waals surface area contributed by atoms with Gasteiger partial charge in [-0.15, -0.1) is 0 Å². The van der Waals surface area contributed by atoms with Crippen molar-refractivity contribution in [3.63, 3.8) is 0 Å². The monoisotopic (exact) mass is 443 g/mol. The van der Waals surface area contributed by atoms with Gasteiger partial charge in [0.05, 0.1) is 23.9 Å². The van der Waals surface area contributed by atoms with Gasteiger partial charge in [0.25, 0.3) is 0 Å². The zero-order valence-corrected chi connectivity index (χ0v) is 18.5. The van der Waals surface area contributed by atoms with E-state index < -0.39 is 6.10 Å². The van der Waals surface area contributed by atoms with Crippen LogP contribution < -0.4 is 0 Å². The van der Waals surface area contributed by atoms with Gasteiger partial charge in [0, 0.05) is 48.1 Å². The number of rotatable bonds is 4. The highest BCUT2D eigenvalue weighted by molar-refractivity contribution is 5.94. The molecule has 6 rings (SSSR count). The third-order valence-corrected chi connectivity index (χ3v) is 6.98. The van der Waals surface area contributed by atoms with E-state index in [9.17, 15) is 9.90 Å². The van der Waals surface area contributed by atoms with E-state index in [0.29, 0.717) is 25.3 Å². The average molecular weight is 444 g/mol. The van der Waals surface area contributed by atoms with Crippen molar-refractivity contribution in [2.45, 2.75) is 39.3 Å². The lowest BCUT2D eigenvalue weighted by Gasteiger charge is -2.29. The number of hydrogen-bond donors (Lipinski definition) is 1. The van der Waals surface area contributed by atoms with E-state index in [1.807, 2.05) is 13.0 Å². The van der Waals surface area contributed by atoms with Gasteiger partial charge in [-0.25, -0.2) is 9.78 Å². The fourth-order valence-corrected chi connectivity index (χ4v) is 5.06. The number of aliphatic hydroxyl groups is 1. The van der Waals surface area contributed by atoms with Crippen molar-refractivity contribution in [1.82, 2.24) is 14.5 Å². The van der Waals surface area contributed by atoms with Crippen LogP contribution in [0.1, 0.15) is 50.1 Å². The summed E-state index contributed by atoms with van der Waals surface area (Å²) in [5.74, 6) is 1.44. The van der Waals surface area contributed by atoms with E-state index in [0.717, 1.165) is 63.7 Å². The van der Waals surface area contributed by atoms with Crippen molar-refractivity contribution in [3.8, 4) is 11.3 Å². The Bertz CT molecular complexity index is 1310. The molecule has 0 saturated heterocycles. The molecule has 168 valence electrons. The standard InChI is InChI=1S/C26H25N3O4/c1-15-19(5-6-21-22(15)14-33-26(21)31)24(30)11-28-7-8-29-10-23(27-25(29)12-28)17-3-4-20-16(2)32-13-18(20)9-17/h3-6,9-10,24,30H,2,7-8,11-14H2,1H3. The summed E-state index contributed by atoms with van der Waals surface area (Å²) < 4.78 is 12.9. The Balaban J connectivity index is 1.19. The van der Waals surface area contributed by atoms with E-state index in [4.69, 9.17) is 14.5 Å². The molecule has 4 heterocycles. The summed E-state index contributed by atoms with van der Waals surface area (Å²) >= 11 is 0. The largest absolute Gasteiger partial charge is 0.489 e. The molecule has 0 saturated carbocycles. The maximum Gasteiger partial charge on any atom is 0.338 e. The molecule has 1 N–H and O–H groups in total. The lowest BCUT2D eigenvalue weighted by molar-refractivity contribution is 0.0535. The highest BCUT2D eigenvalue weighted by atomic mass is 16.5. The Hall–Kier alpha value is -3.42. The molecular formula is C26H25N3O4. The van der Waals surface area contributed by atoms with E-state index in [2.05, 4.69) is 40.4 Å². The van der Waals surface area contributed by atoms with Gasteiger partial charge in [-0.1, -0.05) is 24.8 Å². The lowest BCUT2D eigenvalue weighted by atomic mass is 9.95. The first kappa shape index (κ1) is 20.2. The minimum Gasteiger partial charge on any atom is -0.489 e. The molecule has 0 radical (unpaired) electrons. The number of nitrogens with zero attached hydrogens (tertiary/aromatic N) is 3. The van der Waals surface area contributed by atoms with Gasteiger partial charge in [0.15, 0.2) is 0 Å². The predicted octanol–water partition coefficient (Wildman–Crippen LogP) is 3.58. The van der Waals surface area contributed by atoms with Crippen LogP contribution in [-0.2, 0) is 35.8 Å². The van der Waals surface area contributed by atoms with E-state index >= 15 is 0 Å². The third kappa shape index (κ3) is 3.35. The second-order valence-electron chi connectivity index (χ2n) is 8.95. The first-order valence-electron chi connectivity index (χ1n) is 11.2. The minimum atomic E-state index is -0.642. The minimum absolute atomic E-state index is 0.284. The molecule has 1 unspecified atom stereocenters. The number of cyclic esters (lactones) is 1. The first-order valence-corrected chi connectivity index (χ1v) is 11.2. The Morgan fingerprint density at radius 3 is 2.88 bits per heavy atom. The topological polar surface area (TPSA) is 76.8 Å². The summed E-state index contributed by atoms with van der Waals surface area (Å²) in [6.07, 6.45) is 1.47. The number of ether oxygens (including phenoxy) is 2. The van der Waals surface area contributed by atoms with Crippen LogP contribution >= 0.6 is 0 Å². The quantitative estimate of drug-likeness (QED) is 0.621. The van der Waals surface area contributed by atoms with Crippen molar-refractivity contribution < 1.29 is 19.4 Å². The van der Waals surface area contributed by atoms with Gasteiger partial charge in [0.1, 0.15) is 24.8 Å². The van der Waals surface area contributed by atoms with Crippen molar-refractivity contribution in [2.75, 3.05) is 13.1 Å². The molecule has 7 heteroatoms. The van der Waals surface area contributed by atoms with Gasteiger partial charge in [0.2, 0.25) is 0 Å². The Labute approximate surface area is 191 Å². The molecule has 0 spiro atoms. The van der Waals surface area contributed by atoms with Gasteiger partial charge in [-0.2, -0.15) is 0 Å². The molecule has 3 aliphatic rings. The van der Waals surface area contributed by atoms with Crippen molar-refractivity contribution >= 4 is 11.7 Å². The number of β-amino-alcohol motifs (C(OH)–C–C–N with tert-alkyl or cyclic N) is 1. The number of carbonyl (C=O) groups excluding carboxylic acids is 1. The molecule has 1 aromatic heterocycles. The van der Waals surface area contributed by atoms with Crippen LogP contribution in [0.15, 0.2) is 43.1 Å². The summed E-state index contributed by atoms with van der Waals surface area (Å²) in [6.45, 7) is 9.58. The third-order valence-electron chi connectivity index (χ3n) is 6.98. The summed E-state index contributed by atoms with van der Waals surface area (Å²) in [6, 6.07) is 9.87. The number of fused-ring (bicyclic) bond motifs is 3. The molecule has 3 aromatic rings.